The molecule has 1 aliphatic rings. The molecule has 0 saturated heterocycles. The van der Waals surface area contributed by atoms with E-state index in [1.165, 1.54) is 6.07 Å². The number of hydrogen-bond donors (Lipinski definition) is 0. The van der Waals surface area contributed by atoms with Crippen molar-refractivity contribution in [2.24, 2.45) is 5.92 Å². The molecule has 118 valence electrons. The third kappa shape index (κ3) is 2.57. The highest BCUT2D eigenvalue weighted by molar-refractivity contribution is 5.57. The zero-order chi connectivity index (χ0) is 16.1. The second-order valence-electron chi connectivity index (χ2n) is 5.71. The summed E-state index contributed by atoms with van der Waals surface area (Å²) in [6.07, 6.45) is -4.30. The molecule has 1 saturated carbocycles. The van der Waals surface area contributed by atoms with Crippen LogP contribution in [0.4, 0.5) is 17.6 Å². The van der Waals surface area contributed by atoms with Gasteiger partial charge in [-0.1, -0.05) is 0 Å². The van der Waals surface area contributed by atoms with Gasteiger partial charge < -0.3 is 0 Å². The molecule has 0 amide bonds. The molecule has 8 heteroatoms. The first kappa shape index (κ1) is 14.9. The summed E-state index contributed by atoms with van der Waals surface area (Å²) in [5.41, 5.74) is 1.90. The SMILES string of the molecule is Cc1cc(F)c(-c2nnn(C3CC(C(F)(F)F)C3)n2)cc1C. The summed E-state index contributed by atoms with van der Waals surface area (Å²) in [6, 6.07) is 2.57. The molecule has 4 nitrogen and oxygen atoms in total. The molecule has 3 rings (SSSR count). The van der Waals surface area contributed by atoms with Crippen LogP contribution in [0.5, 0.6) is 0 Å². The molecule has 1 fully saturated rings. The van der Waals surface area contributed by atoms with E-state index in [0.717, 1.165) is 15.9 Å². The van der Waals surface area contributed by atoms with Crippen molar-refractivity contribution in [1.82, 2.24) is 20.2 Å². The Labute approximate surface area is 124 Å². The molecule has 0 radical (unpaired) electrons. The van der Waals surface area contributed by atoms with Crippen molar-refractivity contribution in [3.63, 3.8) is 0 Å². The van der Waals surface area contributed by atoms with Gasteiger partial charge in [0.15, 0.2) is 0 Å². The molecule has 0 atom stereocenters. The predicted octanol–water partition coefficient (Wildman–Crippen LogP) is 3.61. The molecule has 1 aliphatic carbocycles. The van der Waals surface area contributed by atoms with Crippen molar-refractivity contribution in [1.29, 1.82) is 0 Å². The van der Waals surface area contributed by atoms with Crippen molar-refractivity contribution in [3.8, 4) is 11.4 Å². The highest BCUT2D eigenvalue weighted by Gasteiger charge is 2.49. The average molecular weight is 314 g/mol. The summed E-state index contributed by atoms with van der Waals surface area (Å²) in [7, 11) is 0. The van der Waals surface area contributed by atoms with Crippen LogP contribution in [0.2, 0.25) is 0 Å². The molecule has 2 aromatic rings. The molecule has 0 spiro atoms. The van der Waals surface area contributed by atoms with Gasteiger partial charge in [-0.15, -0.1) is 10.2 Å². The topological polar surface area (TPSA) is 43.6 Å². The van der Waals surface area contributed by atoms with E-state index in [9.17, 15) is 17.6 Å². The van der Waals surface area contributed by atoms with E-state index in [1.54, 1.807) is 13.0 Å². The van der Waals surface area contributed by atoms with Crippen molar-refractivity contribution in [2.75, 3.05) is 0 Å². The van der Waals surface area contributed by atoms with E-state index in [0.29, 0.717) is 0 Å². The maximum absolute atomic E-state index is 14.0. The summed E-state index contributed by atoms with van der Waals surface area (Å²) in [5.74, 6) is -1.69. The Morgan fingerprint density at radius 2 is 1.77 bits per heavy atom. The lowest BCUT2D eigenvalue weighted by Crippen LogP contribution is -2.37. The molecule has 0 aliphatic heterocycles. The number of aryl methyl sites for hydroxylation is 2. The Balaban J connectivity index is 1.80. The second-order valence-corrected chi connectivity index (χ2v) is 5.71. The number of hydrogen-bond acceptors (Lipinski definition) is 3. The number of alkyl halides is 3. The molecule has 22 heavy (non-hydrogen) atoms. The van der Waals surface area contributed by atoms with Gasteiger partial charge in [-0.25, -0.2) is 4.39 Å². The van der Waals surface area contributed by atoms with Crippen molar-refractivity contribution < 1.29 is 17.6 Å². The zero-order valence-corrected chi connectivity index (χ0v) is 12.0. The number of halogens is 4. The van der Waals surface area contributed by atoms with Gasteiger partial charge in [0.2, 0.25) is 5.82 Å². The minimum Gasteiger partial charge on any atom is -0.206 e. The standard InChI is InChI=1S/C14H14F4N4/c1-7-3-11(12(15)4-8(7)2)13-19-21-22(20-13)10-5-9(6-10)14(16,17)18/h3-4,9-10H,5-6H2,1-2H3. The molecule has 0 bridgehead atoms. The maximum Gasteiger partial charge on any atom is 0.391 e. The first-order chi connectivity index (χ1) is 10.3. The average Bonchev–Trinajstić information content (AvgIpc) is 2.79. The van der Waals surface area contributed by atoms with Crippen LogP contribution < -0.4 is 0 Å². The van der Waals surface area contributed by atoms with Gasteiger partial charge in [0.05, 0.1) is 17.5 Å². The third-order valence-electron chi connectivity index (χ3n) is 4.16. The van der Waals surface area contributed by atoms with Crippen LogP contribution >= 0.6 is 0 Å². The van der Waals surface area contributed by atoms with Gasteiger partial charge in [0.25, 0.3) is 0 Å². The van der Waals surface area contributed by atoms with Crippen LogP contribution in [0.15, 0.2) is 12.1 Å². The van der Waals surface area contributed by atoms with E-state index < -0.39 is 24.0 Å². The lowest BCUT2D eigenvalue weighted by molar-refractivity contribution is -0.203. The van der Waals surface area contributed by atoms with Crippen LogP contribution in [0, 0.1) is 25.6 Å². The highest BCUT2D eigenvalue weighted by Crippen LogP contribution is 2.46. The fourth-order valence-electron chi connectivity index (χ4n) is 2.48. The van der Waals surface area contributed by atoms with Crippen LogP contribution in [-0.2, 0) is 0 Å². The van der Waals surface area contributed by atoms with Gasteiger partial charge in [-0.2, -0.15) is 18.0 Å². The van der Waals surface area contributed by atoms with Gasteiger partial charge in [0.1, 0.15) is 5.82 Å². The smallest absolute Gasteiger partial charge is 0.206 e. The lowest BCUT2D eigenvalue weighted by Gasteiger charge is -2.35. The van der Waals surface area contributed by atoms with Crippen molar-refractivity contribution >= 4 is 0 Å². The molecule has 1 aromatic carbocycles. The quantitative estimate of drug-likeness (QED) is 0.795. The van der Waals surface area contributed by atoms with Crippen LogP contribution in [-0.4, -0.2) is 26.4 Å². The first-order valence-corrected chi connectivity index (χ1v) is 6.89. The summed E-state index contributed by atoms with van der Waals surface area (Å²) in [5, 5.41) is 11.6. The molecular weight excluding hydrogens is 300 g/mol. The van der Waals surface area contributed by atoms with E-state index in [4.69, 9.17) is 0 Å². The fraction of sp³-hybridized carbons (Fsp3) is 0.500. The van der Waals surface area contributed by atoms with E-state index in [1.807, 2.05) is 6.92 Å². The van der Waals surface area contributed by atoms with Gasteiger partial charge in [0, 0.05) is 0 Å². The minimum absolute atomic E-state index is 0.0608. The number of aromatic nitrogens is 4. The molecule has 0 N–H and O–H groups in total. The molecular formula is C14H14F4N4. The Morgan fingerprint density at radius 3 is 2.41 bits per heavy atom. The summed E-state index contributed by atoms with van der Waals surface area (Å²) in [6.45, 7) is 3.63. The Bertz CT molecular complexity index is 701. The van der Waals surface area contributed by atoms with Gasteiger partial charge in [-0.05, 0) is 55.2 Å². The summed E-state index contributed by atoms with van der Waals surface area (Å²) >= 11 is 0. The maximum atomic E-state index is 14.0. The number of tetrazole rings is 1. The number of nitrogens with zero attached hydrogens (tertiary/aromatic N) is 4. The van der Waals surface area contributed by atoms with Crippen molar-refractivity contribution in [3.05, 3.63) is 29.1 Å². The van der Waals surface area contributed by atoms with Crippen LogP contribution in [0.25, 0.3) is 11.4 Å². The normalized spacial score (nSPS) is 21.7. The molecule has 1 heterocycles. The lowest BCUT2D eigenvalue weighted by atomic mass is 9.80. The molecule has 1 aromatic heterocycles. The number of benzene rings is 1. The van der Waals surface area contributed by atoms with Gasteiger partial charge in [-0.3, -0.25) is 0 Å². The Hall–Kier alpha value is -1.99. The summed E-state index contributed by atoms with van der Waals surface area (Å²) < 4.78 is 51.4. The first-order valence-electron chi connectivity index (χ1n) is 6.89. The third-order valence-corrected chi connectivity index (χ3v) is 4.16. The Morgan fingerprint density at radius 1 is 1.14 bits per heavy atom. The largest absolute Gasteiger partial charge is 0.391 e. The van der Waals surface area contributed by atoms with E-state index >= 15 is 0 Å². The highest BCUT2D eigenvalue weighted by atomic mass is 19.4. The fourth-order valence-corrected chi connectivity index (χ4v) is 2.48. The Kier molecular flexibility index (Phi) is 3.41. The second kappa shape index (κ2) is 5.03. The van der Waals surface area contributed by atoms with Crippen LogP contribution in [0.1, 0.15) is 30.0 Å². The van der Waals surface area contributed by atoms with Crippen LogP contribution in [0.3, 0.4) is 0 Å². The van der Waals surface area contributed by atoms with E-state index in [-0.39, 0.29) is 24.2 Å². The van der Waals surface area contributed by atoms with Gasteiger partial charge >= 0.3 is 6.18 Å². The number of rotatable bonds is 2. The summed E-state index contributed by atoms with van der Waals surface area (Å²) in [4.78, 5) is 1.16. The molecule has 0 unspecified atom stereocenters. The monoisotopic (exact) mass is 314 g/mol. The van der Waals surface area contributed by atoms with E-state index in [2.05, 4.69) is 15.4 Å². The zero-order valence-electron chi connectivity index (χ0n) is 12.0. The predicted molar refractivity (Wildman–Crippen MR) is 70.5 cm³/mol. The van der Waals surface area contributed by atoms with Crippen molar-refractivity contribution in [2.45, 2.75) is 38.9 Å². The minimum atomic E-state index is -4.18.